The molecule has 10 heteroatoms. The first kappa shape index (κ1) is 18.5. The van der Waals surface area contributed by atoms with Crippen LogP contribution in [0.15, 0.2) is 40.7 Å². The highest BCUT2D eigenvalue weighted by Gasteiger charge is 2.27. The number of hydrogen-bond donors (Lipinski definition) is 1. The maximum absolute atomic E-state index is 13.9. The van der Waals surface area contributed by atoms with Crippen LogP contribution in [0.3, 0.4) is 0 Å². The third-order valence-corrected chi connectivity index (χ3v) is 5.79. The molecule has 5 nitrogen and oxygen atoms in total. The minimum atomic E-state index is -4.29. The predicted molar refractivity (Wildman–Crippen MR) is 93.0 cm³/mol. The van der Waals surface area contributed by atoms with Gasteiger partial charge in [-0.15, -0.1) is 11.3 Å². The highest BCUT2D eigenvalue weighted by atomic mass is 32.2. The smallest absolute Gasteiger partial charge is 0.265 e. The molecule has 3 rings (SSSR count). The Balaban J connectivity index is 2.09. The lowest BCUT2D eigenvalue weighted by atomic mass is 10.3. The number of anilines is 1. The van der Waals surface area contributed by atoms with Crippen molar-refractivity contribution in [1.82, 2.24) is 9.78 Å². The maximum Gasteiger partial charge on any atom is 0.265 e. The summed E-state index contributed by atoms with van der Waals surface area (Å²) in [6.07, 6.45) is 1.32. The lowest BCUT2D eigenvalue weighted by Gasteiger charge is -2.09. The molecule has 2 heterocycles. The van der Waals surface area contributed by atoms with Crippen LogP contribution in [0, 0.1) is 17.5 Å². The van der Waals surface area contributed by atoms with E-state index < -0.39 is 33.2 Å². The second-order valence-electron chi connectivity index (χ2n) is 5.72. The number of hydrogen-bond acceptors (Lipinski definition) is 4. The van der Waals surface area contributed by atoms with Gasteiger partial charge in [0.15, 0.2) is 17.5 Å². The van der Waals surface area contributed by atoms with Crippen LogP contribution in [-0.2, 0) is 10.0 Å². The molecule has 0 saturated heterocycles. The zero-order valence-electron chi connectivity index (χ0n) is 13.7. The van der Waals surface area contributed by atoms with Crippen LogP contribution in [0.25, 0.3) is 10.6 Å². The van der Waals surface area contributed by atoms with E-state index in [0.29, 0.717) is 10.9 Å². The Hall–Kier alpha value is -2.33. The molecule has 0 aliphatic carbocycles. The largest absolute Gasteiger partial charge is 0.276 e. The van der Waals surface area contributed by atoms with Gasteiger partial charge in [0.1, 0.15) is 10.6 Å². The lowest BCUT2D eigenvalue weighted by molar-refractivity contribution is 0.449. The number of nitrogens with zero attached hydrogens (tertiary/aromatic N) is 2. The average molecular weight is 401 g/mol. The van der Waals surface area contributed by atoms with Gasteiger partial charge in [-0.1, -0.05) is 6.07 Å². The number of aromatic nitrogens is 2. The molecule has 0 saturated carbocycles. The SMILES string of the molecule is CC(C)n1cc(S(=O)(=O)Nc2ccc(F)c(F)c2F)c(-c2cccs2)n1. The van der Waals surface area contributed by atoms with Crippen LogP contribution in [-0.4, -0.2) is 18.2 Å². The van der Waals surface area contributed by atoms with Gasteiger partial charge in [-0.05, 0) is 37.4 Å². The molecule has 0 aliphatic heterocycles. The number of rotatable bonds is 5. The normalized spacial score (nSPS) is 11.9. The number of nitrogens with one attached hydrogen (secondary N) is 1. The summed E-state index contributed by atoms with van der Waals surface area (Å²) in [6.45, 7) is 3.65. The van der Waals surface area contributed by atoms with E-state index in [1.807, 2.05) is 18.6 Å². The van der Waals surface area contributed by atoms with E-state index in [1.165, 1.54) is 22.2 Å². The van der Waals surface area contributed by atoms with E-state index in [1.54, 1.807) is 17.5 Å². The fourth-order valence-electron chi connectivity index (χ4n) is 2.22. The summed E-state index contributed by atoms with van der Waals surface area (Å²) in [5.74, 6) is -4.76. The van der Waals surface area contributed by atoms with Crippen molar-refractivity contribution < 1.29 is 21.6 Å². The highest BCUT2D eigenvalue weighted by Crippen LogP contribution is 2.32. The van der Waals surface area contributed by atoms with Crippen molar-refractivity contribution >= 4 is 27.0 Å². The quantitative estimate of drug-likeness (QED) is 0.644. The van der Waals surface area contributed by atoms with Gasteiger partial charge in [0.25, 0.3) is 10.0 Å². The van der Waals surface area contributed by atoms with E-state index in [4.69, 9.17) is 0 Å². The first-order valence-corrected chi connectivity index (χ1v) is 9.86. The lowest BCUT2D eigenvalue weighted by Crippen LogP contribution is -2.15. The van der Waals surface area contributed by atoms with Crippen molar-refractivity contribution in [3.8, 4) is 10.6 Å². The van der Waals surface area contributed by atoms with E-state index in [2.05, 4.69) is 5.10 Å². The number of benzene rings is 1. The highest BCUT2D eigenvalue weighted by molar-refractivity contribution is 7.92. The number of thiophene rings is 1. The van der Waals surface area contributed by atoms with Gasteiger partial charge in [0.05, 0.1) is 10.6 Å². The van der Waals surface area contributed by atoms with Crippen LogP contribution >= 0.6 is 11.3 Å². The van der Waals surface area contributed by atoms with Crippen molar-refractivity contribution in [2.75, 3.05) is 4.72 Å². The van der Waals surface area contributed by atoms with Gasteiger partial charge in [0.2, 0.25) is 0 Å². The first-order valence-electron chi connectivity index (χ1n) is 7.50. The third-order valence-electron chi connectivity index (χ3n) is 3.55. The third kappa shape index (κ3) is 3.34. The Labute approximate surface area is 152 Å². The van der Waals surface area contributed by atoms with Crippen molar-refractivity contribution in [2.45, 2.75) is 24.8 Å². The van der Waals surface area contributed by atoms with Crippen molar-refractivity contribution in [3.63, 3.8) is 0 Å². The summed E-state index contributed by atoms with van der Waals surface area (Å²) in [5.41, 5.74) is -0.484. The van der Waals surface area contributed by atoms with Gasteiger partial charge in [-0.3, -0.25) is 9.40 Å². The molecule has 0 atom stereocenters. The average Bonchev–Trinajstić information content (AvgIpc) is 3.24. The van der Waals surface area contributed by atoms with Crippen molar-refractivity contribution in [2.24, 2.45) is 0 Å². The van der Waals surface area contributed by atoms with Gasteiger partial charge in [-0.2, -0.15) is 5.10 Å². The van der Waals surface area contributed by atoms with Crippen LogP contribution in [0.1, 0.15) is 19.9 Å². The molecular weight excluding hydrogens is 387 g/mol. The van der Waals surface area contributed by atoms with E-state index in [-0.39, 0.29) is 16.6 Å². The van der Waals surface area contributed by atoms with Crippen molar-refractivity contribution in [3.05, 3.63) is 53.3 Å². The topological polar surface area (TPSA) is 64.0 Å². The van der Waals surface area contributed by atoms with Crippen LogP contribution in [0.2, 0.25) is 0 Å². The molecular formula is C16H14F3N3O2S2. The number of sulfonamides is 1. The molecule has 0 bridgehead atoms. The van der Waals surface area contributed by atoms with E-state index in [0.717, 1.165) is 6.07 Å². The maximum atomic E-state index is 13.9. The molecule has 0 spiro atoms. The van der Waals surface area contributed by atoms with Crippen LogP contribution in [0.4, 0.5) is 18.9 Å². The van der Waals surface area contributed by atoms with Gasteiger partial charge >= 0.3 is 0 Å². The minimum Gasteiger partial charge on any atom is -0.276 e. The molecule has 0 radical (unpaired) electrons. The standard InChI is InChI=1S/C16H14F3N3O2S2/c1-9(2)22-8-13(16(20-22)12-4-3-7-25-12)26(23,24)21-11-6-5-10(17)14(18)15(11)19/h3-9,21H,1-2H3. The van der Waals surface area contributed by atoms with Crippen molar-refractivity contribution in [1.29, 1.82) is 0 Å². The van der Waals surface area contributed by atoms with Crippen LogP contribution < -0.4 is 4.72 Å². The zero-order valence-corrected chi connectivity index (χ0v) is 15.3. The molecule has 2 aromatic heterocycles. The van der Waals surface area contributed by atoms with E-state index >= 15 is 0 Å². The molecule has 0 aliphatic rings. The Morgan fingerprint density at radius 3 is 2.50 bits per heavy atom. The van der Waals surface area contributed by atoms with Gasteiger partial charge < -0.3 is 0 Å². The Kier molecular flexibility index (Phi) is 4.80. The molecule has 26 heavy (non-hydrogen) atoms. The zero-order chi connectivity index (χ0) is 19.1. The summed E-state index contributed by atoms with van der Waals surface area (Å²) in [7, 11) is -4.29. The molecule has 138 valence electrons. The fourth-order valence-corrected chi connectivity index (χ4v) is 4.22. The Bertz CT molecular complexity index is 1050. The second-order valence-corrected chi connectivity index (χ2v) is 8.32. The summed E-state index contributed by atoms with van der Waals surface area (Å²) < 4.78 is 69.2. The van der Waals surface area contributed by atoms with Crippen LogP contribution in [0.5, 0.6) is 0 Å². The summed E-state index contributed by atoms with van der Waals surface area (Å²) >= 11 is 1.29. The Morgan fingerprint density at radius 2 is 1.88 bits per heavy atom. The molecule has 0 unspecified atom stereocenters. The minimum absolute atomic E-state index is 0.113. The molecule has 3 aromatic rings. The second kappa shape index (κ2) is 6.76. The summed E-state index contributed by atoms with van der Waals surface area (Å²) in [4.78, 5) is 0.424. The summed E-state index contributed by atoms with van der Waals surface area (Å²) in [5, 5.41) is 6.06. The molecule has 0 amide bonds. The van der Waals surface area contributed by atoms with Gasteiger partial charge in [0, 0.05) is 12.2 Å². The molecule has 1 aromatic carbocycles. The summed E-state index contributed by atoms with van der Waals surface area (Å²) in [6, 6.07) is 4.80. The fraction of sp³-hybridized carbons (Fsp3) is 0.188. The first-order chi connectivity index (χ1) is 12.2. The Morgan fingerprint density at radius 1 is 1.15 bits per heavy atom. The molecule has 1 N–H and O–H groups in total. The van der Waals surface area contributed by atoms with E-state index in [9.17, 15) is 21.6 Å². The predicted octanol–water partition coefficient (Wildman–Crippen LogP) is 4.41. The number of halogens is 3. The monoisotopic (exact) mass is 401 g/mol. The molecule has 0 fully saturated rings. The van der Waals surface area contributed by atoms with Gasteiger partial charge in [-0.25, -0.2) is 21.6 Å².